The first-order valence-corrected chi connectivity index (χ1v) is 8.83. The molecule has 0 fully saturated rings. The number of hydrogen-bond acceptors (Lipinski definition) is 1. The van der Waals surface area contributed by atoms with Gasteiger partial charge < -0.3 is 0 Å². The van der Waals surface area contributed by atoms with Gasteiger partial charge in [-0.2, -0.15) is 0 Å². The molecule has 0 bridgehead atoms. The van der Waals surface area contributed by atoms with E-state index in [4.69, 9.17) is 16.6 Å². The van der Waals surface area contributed by atoms with E-state index in [0.717, 1.165) is 33.3 Å². The van der Waals surface area contributed by atoms with Crippen molar-refractivity contribution in [2.75, 3.05) is 0 Å². The first-order valence-electron chi connectivity index (χ1n) is 8.46. The van der Waals surface area contributed by atoms with Crippen molar-refractivity contribution in [1.29, 1.82) is 0 Å². The van der Waals surface area contributed by atoms with Crippen molar-refractivity contribution in [3.63, 3.8) is 0 Å². The first-order chi connectivity index (χ1) is 12.5. The van der Waals surface area contributed by atoms with E-state index in [2.05, 4.69) is 32.0 Å². The largest absolute Gasteiger partial charge is 0.248 e. The number of pyridine rings is 1. The van der Waals surface area contributed by atoms with Crippen LogP contribution in [0.1, 0.15) is 11.1 Å². The molecule has 4 aromatic rings. The average molecular weight is 398 g/mol. The summed E-state index contributed by atoms with van der Waals surface area (Å²) in [5.74, 6) is -0.258. The van der Waals surface area contributed by atoms with Gasteiger partial charge in [0.05, 0.1) is 11.2 Å². The summed E-state index contributed by atoms with van der Waals surface area (Å²) in [4.78, 5) is 4.81. The molecule has 0 aliphatic rings. The Morgan fingerprint density at radius 1 is 0.815 bits per heavy atom. The number of aromatic nitrogens is 1. The number of rotatable bonds is 2. The van der Waals surface area contributed by atoms with Gasteiger partial charge in [-0.3, -0.25) is 0 Å². The molecule has 0 spiro atoms. The fraction of sp³-hybridized carbons (Fsp3) is 0.0870. The smallest absolute Gasteiger partial charge is 0.131 e. The maximum absolute atomic E-state index is 14.5. The second-order valence-corrected chi connectivity index (χ2v) is 6.95. The number of benzene rings is 3. The Morgan fingerprint density at radius 2 is 1.59 bits per heavy atom. The molecule has 0 atom stereocenters. The van der Waals surface area contributed by atoms with E-state index in [0.29, 0.717) is 10.6 Å². The van der Waals surface area contributed by atoms with Gasteiger partial charge in [-0.25, -0.2) is 9.37 Å². The minimum atomic E-state index is -0.258. The Morgan fingerprint density at radius 3 is 2.33 bits per heavy atom. The Balaban J connectivity index is 0.00000210. The number of fused-ring (bicyclic) bond motifs is 1. The molecule has 0 saturated heterocycles. The Kier molecular flexibility index (Phi) is 5.50. The SMILES string of the molecule is Cc1ccc(-c2cc(-c3ccccc3F)c3cc(Cl)ccc3n2)c(C)c1.Cl. The predicted octanol–water partition coefficient (Wildman–Crippen LogP) is 7.40. The number of halogens is 3. The predicted molar refractivity (Wildman–Crippen MR) is 114 cm³/mol. The lowest BCUT2D eigenvalue weighted by Crippen LogP contribution is -1.93. The minimum Gasteiger partial charge on any atom is -0.248 e. The highest BCUT2D eigenvalue weighted by molar-refractivity contribution is 6.31. The maximum Gasteiger partial charge on any atom is 0.131 e. The fourth-order valence-electron chi connectivity index (χ4n) is 3.34. The Bertz CT molecular complexity index is 1140. The molecule has 1 nitrogen and oxygen atoms in total. The zero-order valence-electron chi connectivity index (χ0n) is 15.0. The van der Waals surface area contributed by atoms with Gasteiger partial charge in [-0.15, -0.1) is 12.4 Å². The van der Waals surface area contributed by atoms with Crippen LogP contribution in [0.15, 0.2) is 66.7 Å². The molecule has 136 valence electrons. The Hall–Kier alpha value is -2.42. The molecule has 4 rings (SSSR count). The van der Waals surface area contributed by atoms with Crippen LogP contribution in [0.25, 0.3) is 33.3 Å². The summed E-state index contributed by atoms with van der Waals surface area (Å²) in [7, 11) is 0. The summed E-state index contributed by atoms with van der Waals surface area (Å²) >= 11 is 6.20. The molecule has 0 aliphatic heterocycles. The lowest BCUT2D eigenvalue weighted by atomic mass is 9.96. The van der Waals surface area contributed by atoms with Crippen LogP contribution in [0.5, 0.6) is 0 Å². The monoisotopic (exact) mass is 397 g/mol. The normalized spacial score (nSPS) is 10.7. The number of nitrogens with zero attached hydrogens (tertiary/aromatic N) is 1. The van der Waals surface area contributed by atoms with Gasteiger partial charge in [0, 0.05) is 21.5 Å². The summed E-state index contributed by atoms with van der Waals surface area (Å²) in [5, 5.41) is 1.45. The summed E-state index contributed by atoms with van der Waals surface area (Å²) in [5.41, 5.74) is 6.36. The summed E-state index contributed by atoms with van der Waals surface area (Å²) in [6.45, 7) is 4.14. The number of aryl methyl sites for hydroxylation is 2. The molecule has 3 aromatic carbocycles. The van der Waals surface area contributed by atoms with Gasteiger partial charge >= 0.3 is 0 Å². The van der Waals surface area contributed by atoms with Crippen LogP contribution in [-0.4, -0.2) is 4.98 Å². The summed E-state index contributed by atoms with van der Waals surface area (Å²) in [6.07, 6.45) is 0. The molecule has 0 N–H and O–H groups in total. The van der Waals surface area contributed by atoms with E-state index in [1.54, 1.807) is 12.1 Å². The van der Waals surface area contributed by atoms with Gasteiger partial charge in [0.1, 0.15) is 5.82 Å². The van der Waals surface area contributed by atoms with Crippen LogP contribution in [0, 0.1) is 19.7 Å². The second kappa shape index (κ2) is 7.67. The standard InChI is InChI=1S/C23H17ClFN.ClH/c1-14-7-9-17(15(2)11-14)23-13-19(18-5-3-4-6-21(18)25)20-12-16(24)8-10-22(20)26-23;/h3-13H,1-2H3;1H. The third kappa shape index (κ3) is 3.69. The van der Waals surface area contributed by atoms with Crippen molar-refractivity contribution >= 4 is 34.9 Å². The first kappa shape index (κ1) is 19.3. The van der Waals surface area contributed by atoms with Gasteiger partial charge in [-0.05, 0) is 55.3 Å². The highest BCUT2D eigenvalue weighted by atomic mass is 35.5. The van der Waals surface area contributed by atoms with Gasteiger partial charge in [-0.1, -0.05) is 53.6 Å². The molecule has 0 amide bonds. The zero-order valence-corrected chi connectivity index (χ0v) is 16.5. The lowest BCUT2D eigenvalue weighted by Gasteiger charge is -2.13. The van der Waals surface area contributed by atoms with E-state index in [1.165, 1.54) is 11.6 Å². The fourth-order valence-corrected chi connectivity index (χ4v) is 3.51. The molecule has 0 aliphatic carbocycles. The van der Waals surface area contributed by atoms with Crippen LogP contribution in [0.4, 0.5) is 4.39 Å². The van der Waals surface area contributed by atoms with Crippen molar-refractivity contribution in [2.24, 2.45) is 0 Å². The quantitative estimate of drug-likeness (QED) is 0.343. The molecule has 1 heterocycles. The molecule has 27 heavy (non-hydrogen) atoms. The van der Waals surface area contributed by atoms with Crippen LogP contribution in [0.3, 0.4) is 0 Å². The third-order valence-electron chi connectivity index (χ3n) is 4.59. The summed E-state index contributed by atoms with van der Waals surface area (Å²) in [6, 6.07) is 20.6. The van der Waals surface area contributed by atoms with Crippen molar-refractivity contribution in [3.05, 3.63) is 88.7 Å². The highest BCUT2D eigenvalue weighted by Crippen LogP contribution is 2.35. The second-order valence-electron chi connectivity index (χ2n) is 6.51. The number of hydrogen-bond donors (Lipinski definition) is 0. The Labute approximate surface area is 169 Å². The summed E-state index contributed by atoms with van der Waals surface area (Å²) < 4.78 is 14.5. The minimum absolute atomic E-state index is 0. The average Bonchev–Trinajstić information content (AvgIpc) is 2.61. The molecular weight excluding hydrogens is 380 g/mol. The van der Waals surface area contributed by atoms with Crippen LogP contribution in [-0.2, 0) is 0 Å². The molecule has 0 saturated carbocycles. The van der Waals surface area contributed by atoms with E-state index in [-0.39, 0.29) is 18.2 Å². The van der Waals surface area contributed by atoms with Gasteiger partial charge in [0.15, 0.2) is 0 Å². The molecule has 0 unspecified atom stereocenters. The van der Waals surface area contributed by atoms with E-state index in [9.17, 15) is 4.39 Å². The van der Waals surface area contributed by atoms with E-state index >= 15 is 0 Å². The molecule has 4 heteroatoms. The van der Waals surface area contributed by atoms with Crippen molar-refractivity contribution in [2.45, 2.75) is 13.8 Å². The topological polar surface area (TPSA) is 12.9 Å². The van der Waals surface area contributed by atoms with Crippen molar-refractivity contribution < 1.29 is 4.39 Å². The zero-order chi connectivity index (χ0) is 18.3. The lowest BCUT2D eigenvalue weighted by molar-refractivity contribution is 0.631. The van der Waals surface area contributed by atoms with Crippen LogP contribution >= 0.6 is 24.0 Å². The van der Waals surface area contributed by atoms with Crippen LogP contribution in [0.2, 0.25) is 5.02 Å². The molecular formula is C23H18Cl2FN. The van der Waals surface area contributed by atoms with Gasteiger partial charge in [0.25, 0.3) is 0 Å². The highest BCUT2D eigenvalue weighted by Gasteiger charge is 2.14. The van der Waals surface area contributed by atoms with Crippen LogP contribution < -0.4 is 0 Å². The third-order valence-corrected chi connectivity index (χ3v) is 4.83. The molecule has 1 aromatic heterocycles. The van der Waals surface area contributed by atoms with E-state index < -0.39 is 0 Å². The maximum atomic E-state index is 14.5. The van der Waals surface area contributed by atoms with Crippen molar-refractivity contribution in [3.8, 4) is 22.4 Å². The van der Waals surface area contributed by atoms with Gasteiger partial charge in [0.2, 0.25) is 0 Å². The molecule has 0 radical (unpaired) electrons. The van der Waals surface area contributed by atoms with Crippen molar-refractivity contribution in [1.82, 2.24) is 4.98 Å². The van der Waals surface area contributed by atoms with E-state index in [1.807, 2.05) is 30.3 Å².